The van der Waals surface area contributed by atoms with Gasteiger partial charge in [0.2, 0.25) is 11.8 Å². The van der Waals surface area contributed by atoms with Gasteiger partial charge in [0.15, 0.2) is 0 Å². The zero-order chi connectivity index (χ0) is 14.7. The van der Waals surface area contributed by atoms with Gasteiger partial charge in [-0.25, -0.2) is 0 Å². The third kappa shape index (κ3) is 3.91. The van der Waals surface area contributed by atoms with E-state index in [0.29, 0.717) is 45.3 Å². The van der Waals surface area contributed by atoms with Crippen LogP contribution in [0.1, 0.15) is 25.7 Å². The number of carbonyl (C=O) groups excluding carboxylic acids is 2. The van der Waals surface area contributed by atoms with Gasteiger partial charge in [-0.1, -0.05) is 0 Å². The summed E-state index contributed by atoms with van der Waals surface area (Å²) in [6, 6.07) is 0. The molecule has 2 atom stereocenters. The number of aliphatic hydroxyl groups is 1. The van der Waals surface area contributed by atoms with E-state index in [1.807, 2.05) is 0 Å². The molecule has 0 saturated carbocycles. The van der Waals surface area contributed by atoms with E-state index >= 15 is 0 Å². The number of likely N-dealkylation sites (tertiary alicyclic amines) is 1. The Kier molecular flexibility index (Phi) is 4.95. The first-order valence-electron chi connectivity index (χ1n) is 7.14. The van der Waals surface area contributed by atoms with E-state index in [1.54, 1.807) is 4.90 Å². The summed E-state index contributed by atoms with van der Waals surface area (Å²) in [5, 5.41) is 20.1. The van der Waals surface area contributed by atoms with Crippen LogP contribution < -0.4 is 5.73 Å². The van der Waals surface area contributed by atoms with Crippen LogP contribution in [0.4, 0.5) is 0 Å². The van der Waals surface area contributed by atoms with Crippen molar-refractivity contribution in [2.24, 2.45) is 17.6 Å². The standard InChI is InChI=1S/C13H23N3O4/c14-13(19)10-5-9(7-16(20)8-10)6-12(18)15-3-1-11(17)2-4-15/h9-11,17,20H,1-8H2,(H2,14,19). The lowest BCUT2D eigenvalue weighted by atomic mass is 9.87. The second-order valence-corrected chi connectivity index (χ2v) is 5.89. The number of carbonyl (C=O) groups is 2. The molecule has 0 radical (unpaired) electrons. The summed E-state index contributed by atoms with van der Waals surface area (Å²) in [4.78, 5) is 25.2. The van der Waals surface area contributed by atoms with Gasteiger partial charge in [-0.2, -0.15) is 5.06 Å². The fraction of sp³-hybridized carbons (Fsp3) is 0.846. The molecule has 2 rings (SSSR count). The molecule has 20 heavy (non-hydrogen) atoms. The number of rotatable bonds is 3. The van der Waals surface area contributed by atoms with Gasteiger partial charge in [0.1, 0.15) is 0 Å². The molecule has 7 heteroatoms. The van der Waals surface area contributed by atoms with Gasteiger partial charge in [0.25, 0.3) is 0 Å². The van der Waals surface area contributed by atoms with Crippen LogP contribution >= 0.6 is 0 Å². The molecule has 2 amide bonds. The molecule has 114 valence electrons. The monoisotopic (exact) mass is 285 g/mol. The minimum absolute atomic E-state index is 0.0282. The SMILES string of the molecule is NC(=O)C1CC(CC(=O)N2CCC(O)CC2)CN(O)C1. The molecule has 2 aliphatic rings. The first-order valence-corrected chi connectivity index (χ1v) is 7.14. The maximum Gasteiger partial charge on any atom is 0.222 e. The van der Waals surface area contributed by atoms with Crippen molar-refractivity contribution < 1.29 is 19.9 Å². The molecule has 0 bridgehead atoms. The number of primary amides is 1. The van der Waals surface area contributed by atoms with Gasteiger partial charge in [0.05, 0.1) is 12.0 Å². The van der Waals surface area contributed by atoms with E-state index in [1.165, 1.54) is 0 Å². The van der Waals surface area contributed by atoms with Crippen molar-refractivity contribution in [3.63, 3.8) is 0 Å². The number of nitrogens with zero attached hydrogens (tertiary/aromatic N) is 2. The Labute approximate surface area is 118 Å². The number of piperidine rings is 2. The van der Waals surface area contributed by atoms with Crippen LogP contribution in [0.15, 0.2) is 0 Å². The van der Waals surface area contributed by atoms with E-state index in [2.05, 4.69) is 0 Å². The molecule has 0 aliphatic carbocycles. The minimum Gasteiger partial charge on any atom is -0.393 e. The molecule has 0 aromatic carbocycles. The smallest absolute Gasteiger partial charge is 0.222 e. The van der Waals surface area contributed by atoms with Gasteiger partial charge < -0.3 is 20.9 Å². The van der Waals surface area contributed by atoms with E-state index in [-0.39, 0.29) is 24.5 Å². The summed E-state index contributed by atoms with van der Waals surface area (Å²) in [5.74, 6) is -0.844. The number of nitrogens with two attached hydrogens (primary N) is 1. The van der Waals surface area contributed by atoms with Crippen LogP contribution in [-0.2, 0) is 9.59 Å². The molecule has 2 saturated heterocycles. The van der Waals surface area contributed by atoms with Crippen molar-refractivity contribution in [1.29, 1.82) is 0 Å². The molecule has 2 heterocycles. The highest BCUT2D eigenvalue weighted by Gasteiger charge is 2.32. The zero-order valence-electron chi connectivity index (χ0n) is 11.6. The highest BCUT2D eigenvalue weighted by Crippen LogP contribution is 2.24. The lowest BCUT2D eigenvalue weighted by molar-refractivity contribution is -0.153. The largest absolute Gasteiger partial charge is 0.393 e. The number of aliphatic hydroxyl groups excluding tert-OH is 1. The van der Waals surface area contributed by atoms with Crippen LogP contribution in [-0.4, -0.2) is 64.4 Å². The second kappa shape index (κ2) is 6.51. The Bertz CT molecular complexity index is 369. The summed E-state index contributed by atoms with van der Waals surface area (Å²) in [6.07, 6.45) is 1.80. The maximum absolute atomic E-state index is 12.2. The van der Waals surface area contributed by atoms with Crippen LogP contribution in [0.25, 0.3) is 0 Å². The highest BCUT2D eigenvalue weighted by molar-refractivity contribution is 5.78. The minimum atomic E-state index is -0.428. The van der Waals surface area contributed by atoms with Crippen LogP contribution in [0.2, 0.25) is 0 Å². The average molecular weight is 285 g/mol. The lowest BCUT2D eigenvalue weighted by Crippen LogP contribution is -2.46. The Morgan fingerprint density at radius 3 is 2.45 bits per heavy atom. The van der Waals surface area contributed by atoms with Crippen molar-refractivity contribution >= 4 is 11.8 Å². The number of hydrogen-bond acceptors (Lipinski definition) is 5. The van der Waals surface area contributed by atoms with Gasteiger partial charge in [0, 0.05) is 32.6 Å². The lowest BCUT2D eigenvalue weighted by Gasteiger charge is -2.35. The summed E-state index contributed by atoms with van der Waals surface area (Å²) in [5.41, 5.74) is 5.28. The van der Waals surface area contributed by atoms with E-state index in [9.17, 15) is 19.9 Å². The molecule has 2 aliphatic heterocycles. The van der Waals surface area contributed by atoms with Crippen molar-refractivity contribution in [1.82, 2.24) is 9.96 Å². The molecular formula is C13H23N3O4. The predicted molar refractivity (Wildman–Crippen MR) is 70.6 cm³/mol. The Balaban J connectivity index is 1.85. The Morgan fingerprint density at radius 1 is 1.20 bits per heavy atom. The van der Waals surface area contributed by atoms with Crippen molar-refractivity contribution in [3.05, 3.63) is 0 Å². The fourth-order valence-electron chi connectivity index (χ4n) is 3.02. The third-order valence-electron chi connectivity index (χ3n) is 4.20. The number of amides is 2. The predicted octanol–water partition coefficient (Wildman–Crippen LogP) is -0.828. The molecule has 7 nitrogen and oxygen atoms in total. The number of hydrogen-bond donors (Lipinski definition) is 3. The van der Waals surface area contributed by atoms with Gasteiger partial charge >= 0.3 is 0 Å². The summed E-state index contributed by atoms with van der Waals surface area (Å²) in [7, 11) is 0. The normalized spacial score (nSPS) is 29.4. The molecular weight excluding hydrogens is 262 g/mol. The first-order chi connectivity index (χ1) is 9.45. The molecule has 2 unspecified atom stereocenters. The van der Waals surface area contributed by atoms with Crippen LogP contribution in [0.5, 0.6) is 0 Å². The maximum atomic E-state index is 12.2. The van der Waals surface area contributed by atoms with E-state index in [4.69, 9.17) is 5.73 Å². The van der Waals surface area contributed by atoms with Crippen molar-refractivity contribution in [2.45, 2.75) is 31.8 Å². The molecule has 0 spiro atoms. The van der Waals surface area contributed by atoms with E-state index < -0.39 is 11.8 Å². The summed E-state index contributed by atoms with van der Waals surface area (Å²) in [6.45, 7) is 1.80. The second-order valence-electron chi connectivity index (χ2n) is 5.89. The topological polar surface area (TPSA) is 107 Å². The fourth-order valence-corrected chi connectivity index (χ4v) is 3.02. The Hall–Kier alpha value is -1.18. The molecule has 0 aromatic rings. The van der Waals surface area contributed by atoms with Crippen molar-refractivity contribution in [3.8, 4) is 0 Å². The van der Waals surface area contributed by atoms with Crippen LogP contribution in [0, 0.1) is 11.8 Å². The number of hydroxylamine groups is 2. The average Bonchev–Trinajstić information content (AvgIpc) is 2.38. The molecule has 0 aromatic heterocycles. The van der Waals surface area contributed by atoms with Crippen LogP contribution in [0.3, 0.4) is 0 Å². The summed E-state index contributed by atoms with van der Waals surface area (Å²) >= 11 is 0. The molecule has 2 fully saturated rings. The van der Waals surface area contributed by atoms with Gasteiger partial charge in [-0.3, -0.25) is 9.59 Å². The highest BCUT2D eigenvalue weighted by atomic mass is 16.5. The van der Waals surface area contributed by atoms with Gasteiger partial charge in [-0.05, 0) is 25.2 Å². The zero-order valence-corrected chi connectivity index (χ0v) is 11.6. The first kappa shape index (κ1) is 15.2. The van der Waals surface area contributed by atoms with E-state index in [0.717, 1.165) is 5.06 Å². The third-order valence-corrected chi connectivity index (χ3v) is 4.20. The quantitative estimate of drug-likeness (QED) is 0.627. The summed E-state index contributed by atoms with van der Waals surface area (Å²) < 4.78 is 0. The Morgan fingerprint density at radius 2 is 1.85 bits per heavy atom. The van der Waals surface area contributed by atoms with Gasteiger partial charge in [-0.15, -0.1) is 0 Å². The van der Waals surface area contributed by atoms with Crippen molar-refractivity contribution in [2.75, 3.05) is 26.2 Å². The molecule has 4 N–H and O–H groups in total.